The zero-order chi connectivity index (χ0) is 19.9. The summed E-state index contributed by atoms with van der Waals surface area (Å²) in [5, 5.41) is 15.5. The number of hydrogen-bond donors (Lipinski definition) is 2. The van der Waals surface area contributed by atoms with Crippen molar-refractivity contribution in [3.63, 3.8) is 0 Å². The van der Waals surface area contributed by atoms with E-state index >= 15 is 0 Å². The average Bonchev–Trinajstić information content (AvgIpc) is 2.62. The quantitative estimate of drug-likeness (QED) is 0.743. The molecule has 1 aromatic carbocycles. The number of carbonyl (C=O) groups is 2. The fraction of sp³-hybridized carbons (Fsp3) is 0.526. The van der Waals surface area contributed by atoms with Crippen molar-refractivity contribution in [2.45, 2.75) is 37.6 Å². The summed E-state index contributed by atoms with van der Waals surface area (Å²) in [6.07, 6.45) is 4.31. The molecule has 0 aromatic heterocycles. The molecule has 27 heavy (non-hydrogen) atoms. The van der Waals surface area contributed by atoms with Gasteiger partial charge in [0, 0.05) is 5.02 Å². The first-order valence-corrected chi connectivity index (χ1v) is 9.29. The first kappa shape index (κ1) is 21.0. The van der Waals surface area contributed by atoms with Gasteiger partial charge in [0.15, 0.2) is 0 Å². The lowest BCUT2D eigenvalue weighted by Crippen LogP contribution is -2.51. The summed E-state index contributed by atoms with van der Waals surface area (Å²) in [7, 11) is 3.18. The predicted molar refractivity (Wildman–Crippen MR) is 104 cm³/mol. The Hall–Kier alpha value is -2.30. The third-order valence-corrected chi connectivity index (χ3v) is 4.80. The van der Waals surface area contributed by atoms with Crippen LogP contribution in [0.3, 0.4) is 0 Å². The molecule has 2 amide bonds. The second-order valence-corrected chi connectivity index (χ2v) is 7.30. The molecule has 0 radical (unpaired) electrons. The van der Waals surface area contributed by atoms with E-state index < -0.39 is 5.54 Å². The van der Waals surface area contributed by atoms with Crippen molar-refractivity contribution < 1.29 is 14.3 Å². The third kappa shape index (κ3) is 6.12. The van der Waals surface area contributed by atoms with E-state index in [0.717, 1.165) is 19.3 Å². The van der Waals surface area contributed by atoms with E-state index in [0.29, 0.717) is 29.3 Å². The molecule has 0 bridgehead atoms. The lowest BCUT2D eigenvalue weighted by molar-refractivity contribution is -0.124. The number of likely N-dealkylation sites (N-methyl/N-ethyl adjacent to an activating group) is 1. The Balaban J connectivity index is 1.87. The van der Waals surface area contributed by atoms with E-state index in [1.165, 1.54) is 7.11 Å². The molecule has 0 aliphatic heterocycles. The van der Waals surface area contributed by atoms with Crippen molar-refractivity contribution in [1.29, 1.82) is 5.26 Å². The van der Waals surface area contributed by atoms with Gasteiger partial charge in [0.25, 0.3) is 0 Å². The number of carbonyl (C=O) groups excluding carboxylic acids is 2. The van der Waals surface area contributed by atoms with E-state index in [-0.39, 0.29) is 24.9 Å². The highest BCUT2D eigenvalue weighted by molar-refractivity contribution is 6.31. The van der Waals surface area contributed by atoms with Crippen molar-refractivity contribution in [1.82, 2.24) is 10.2 Å². The van der Waals surface area contributed by atoms with Crippen LogP contribution in [0.15, 0.2) is 18.2 Å². The Morgan fingerprint density at radius 1 is 1.26 bits per heavy atom. The maximum atomic E-state index is 12.3. The molecular weight excluding hydrogens is 368 g/mol. The Labute approximate surface area is 164 Å². The maximum Gasteiger partial charge on any atom is 0.238 e. The molecule has 1 fully saturated rings. The number of amides is 2. The normalized spacial score (nSPS) is 15.7. The molecule has 1 aromatic rings. The number of halogens is 1. The SMILES string of the molecule is COc1ccc(Cl)cc1NC(=O)CN(C)CC(=O)NC1(C#N)CCCCC1. The van der Waals surface area contributed by atoms with Crippen LogP contribution < -0.4 is 15.4 Å². The topological polar surface area (TPSA) is 94.5 Å². The lowest BCUT2D eigenvalue weighted by atomic mass is 9.83. The molecule has 8 heteroatoms. The van der Waals surface area contributed by atoms with Crippen LogP contribution >= 0.6 is 11.6 Å². The highest BCUT2D eigenvalue weighted by Gasteiger charge is 2.33. The number of anilines is 1. The van der Waals surface area contributed by atoms with Crippen LogP contribution in [0.5, 0.6) is 5.75 Å². The number of nitriles is 1. The zero-order valence-corrected chi connectivity index (χ0v) is 16.4. The number of nitrogens with zero attached hydrogens (tertiary/aromatic N) is 2. The van der Waals surface area contributed by atoms with Gasteiger partial charge in [-0.3, -0.25) is 14.5 Å². The molecular formula is C19H25ClN4O3. The Bertz CT molecular complexity index is 726. The van der Waals surface area contributed by atoms with E-state index in [2.05, 4.69) is 16.7 Å². The summed E-state index contributed by atoms with van der Waals surface area (Å²) in [4.78, 5) is 26.1. The molecule has 146 valence electrons. The van der Waals surface area contributed by atoms with Crippen LogP contribution in [0, 0.1) is 11.3 Å². The summed E-state index contributed by atoms with van der Waals surface area (Å²) in [5.74, 6) is -0.0472. The van der Waals surface area contributed by atoms with Gasteiger partial charge < -0.3 is 15.4 Å². The fourth-order valence-electron chi connectivity index (χ4n) is 3.24. The maximum absolute atomic E-state index is 12.3. The van der Waals surface area contributed by atoms with E-state index in [1.54, 1.807) is 30.1 Å². The summed E-state index contributed by atoms with van der Waals surface area (Å²) in [5.41, 5.74) is -0.300. The number of hydrogen-bond acceptors (Lipinski definition) is 5. The van der Waals surface area contributed by atoms with Crippen molar-refractivity contribution >= 4 is 29.1 Å². The van der Waals surface area contributed by atoms with Gasteiger partial charge >= 0.3 is 0 Å². The first-order valence-electron chi connectivity index (χ1n) is 8.92. The summed E-state index contributed by atoms with van der Waals surface area (Å²) in [6, 6.07) is 7.20. The molecule has 0 saturated heterocycles. The predicted octanol–water partition coefficient (Wildman–Crippen LogP) is 2.56. The van der Waals surface area contributed by atoms with Crippen molar-refractivity contribution in [2.24, 2.45) is 0 Å². The molecule has 0 atom stereocenters. The number of ether oxygens (including phenoxy) is 1. The second-order valence-electron chi connectivity index (χ2n) is 6.87. The van der Waals surface area contributed by atoms with Gasteiger partial charge in [-0.05, 0) is 38.1 Å². The third-order valence-electron chi connectivity index (χ3n) is 4.56. The Morgan fingerprint density at radius 2 is 1.93 bits per heavy atom. The average molecular weight is 393 g/mol. The van der Waals surface area contributed by atoms with Crippen molar-refractivity contribution in [3.8, 4) is 11.8 Å². The minimum Gasteiger partial charge on any atom is -0.495 e. The largest absolute Gasteiger partial charge is 0.495 e. The molecule has 0 spiro atoms. The van der Waals surface area contributed by atoms with E-state index in [1.807, 2.05) is 0 Å². The van der Waals surface area contributed by atoms with Gasteiger partial charge in [-0.2, -0.15) is 5.26 Å². The molecule has 1 saturated carbocycles. The van der Waals surface area contributed by atoms with Crippen molar-refractivity contribution in [2.75, 3.05) is 32.6 Å². The molecule has 7 nitrogen and oxygen atoms in total. The summed E-state index contributed by atoms with van der Waals surface area (Å²) < 4.78 is 5.20. The fourth-order valence-corrected chi connectivity index (χ4v) is 3.41. The first-order chi connectivity index (χ1) is 12.9. The molecule has 2 N–H and O–H groups in total. The molecule has 0 heterocycles. The van der Waals surface area contributed by atoms with Gasteiger partial charge in [-0.25, -0.2) is 0 Å². The highest BCUT2D eigenvalue weighted by atomic mass is 35.5. The van der Waals surface area contributed by atoms with Gasteiger partial charge in [-0.15, -0.1) is 0 Å². The zero-order valence-electron chi connectivity index (χ0n) is 15.7. The Morgan fingerprint density at radius 3 is 2.56 bits per heavy atom. The van der Waals surface area contributed by atoms with Gasteiger partial charge in [0.2, 0.25) is 11.8 Å². The summed E-state index contributed by atoms with van der Waals surface area (Å²) >= 11 is 5.95. The van der Waals surface area contributed by atoms with Crippen LogP contribution in [-0.2, 0) is 9.59 Å². The van der Waals surface area contributed by atoms with Crippen LogP contribution in [0.4, 0.5) is 5.69 Å². The van der Waals surface area contributed by atoms with Gasteiger partial charge in [0.1, 0.15) is 11.3 Å². The standard InChI is InChI=1S/C19H25ClN4O3/c1-24(12-18(26)23-19(13-21)8-4-3-5-9-19)11-17(25)22-15-10-14(20)6-7-16(15)27-2/h6-7,10H,3-5,8-9,11-12H2,1-2H3,(H,22,25)(H,23,26). The monoisotopic (exact) mass is 392 g/mol. The minimum absolute atomic E-state index is 0.0165. The molecule has 0 unspecified atom stereocenters. The smallest absolute Gasteiger partial charge is 0.238 e. The lowest BCUT2D eigenvalue weighted by Gasteiger charge is -2.32. The van der Waals surface area contributed by atoms with Crippen LogP contribution in [0.2, 0.25) is 5.02 Å². The number of nitrogens with one attached hydrogen (secondary N) is 2. The van der Waals surface area contributed by atoms with E-state index in [4.69, 9.17) is 16.3 Å². The van der Waals surface area contributed by atoms with Crippen LogP contribution in [0.25, 0.3) is 0 Å². The highest BCUT2D eigenvalue weighted by Crippen LogP contribution is 2.28. The molecule has 1 aliphatic rings. The summed E-state index contributed by atoms with van der Waals surface area (Å²) in [6.45, 7) is 0.0478. The number of benzene rings is 1. The molecule has 1 aliphatic carbocycles. The van der Waals surface area contributed by atoms with Gasteiger partial charge in [0.05, 0.1) is 32.0 Å². The second kappa shape index (κ2) is 9.58. The van der Waals surface area contributed by atoms with E-state index in [9.17, 15) is 14.9 Å². The van der Waals surface area contributed by atoms with Crippen LogP contribution in [-0.4, -0.2) is 49.5 Å². The molecule has 2 rings (SSSR count). The van der Waals surface area contributed by atoms with Crippen molar-refractivity contribution in [3.05, 3.63) is 23.2 Å². The number of rotatable bonds is 7. The number of methoxy groups -OCH3 is 1. The van der Waals surface area contributed by atoms with Gasteiger partial charge in [-0.1, -0.05) is 30.9 Å². The minimum atomic E-state index is -0.771. The Kier molecular flexibility index (Phi) is 7.45. The van der Waals surface area contributed by atoms with Crippen LogP contribution in [0.1, 0.15) is 32.1 Å².